The van der Waals surface area contributed by atoms with E-state index in [1.54, 1.807) is 6.07 Å². The molecule has 0 aliphatic rings. The maximum Gasteiger partial charge on any atom is 0.251 e. The minimum Gasteiger partial charge on any atom is -0.506 e. The van der Waals surface area contributed by atoms with Crippen LogP contribution in [-0.4, -0.2) is 42.1 Å². The van der Waals surface area contributed by atoms with Crippen LogP contribution in [0.25, 0.3) is 0 Å². The van der Waals surface area contributed by atoms with Gasteiger partial charge in [0.2, 0.25) is 0 Å². The Labute approximate surface area is 125 Å². The highest BCUT2D eigenvalue weighted by Gasteiger charge is 2.08. The highest BCUT2D eigenvalue weighted by Crippen LogP contribution is 2.23. The van der Waals surface area contributed by atoms with Gasteiger partial charge in [-0.3, -0.25) is 4.79 Å². The van der Waals surface area contributed by atoms with Crippen LogP contribution < -0.4 is 5.32 Å². The number of aromatic hydroxyl groups is 1. The van der Waals surface area contributed by atoms with E-state index in [9.17, 15) is 9.90 Å². The number of hydrogen-bond donors (Lipinski definition) is 2. The van der Waals surface area contributed by atoms with Crippen LogP contribution in [0, 0.1) is 0 Å². The van der Waals surface area contributed by atoms with Gasteiger partial charge >= 0.3 is 0 Å². The second-order valence-corrected chi connectivity index (χ2v) is 5.61. The number of phenols is 1. The predicted octanol–water partition coefficient (Wildman–Crippen LogP) is 2.90. The monoisotopic (exact) mass is 298 g/mol. The van der Waals surface area contributed by atoms with Crippen molar-refractivity contribution >= 4 is 17.5 Å². The van der Waals surface area contributed by atoms with Crippen molar-refractivity contribution in [2.45, 2.75) is 32.7 Å². The van der Waals surface area contributed by atoms with Gasteiger partial charge in [0.05, 0.1) is 5.02 Å². The Balaban J connectivity index is 2.28. The number of nitrogens with zero attached hydrogens (tertiary/aromatic N) is 1. The first-order valence-corrected chi connectivity index (χ1v) is 7.26. The average Bonchev–Trinajstić information content (AvgIpc) is 2.40. The second kappa shape index (κ2) is 8.12. The van der Waals surface area contributed by atoms with Crippen LogP contribution in [0.5, 0.6) is 5.75 Å². The molecule has 1 amide bonds. The molecule has 20 heavy (non-hydrogen) atoms. The van der Waals surface area contributed by atoms with Gasteiger partial charge in [-0.1, -0.05) is 11.6 Å². The van der Waals surface area contributed by atoms with Crippen LogP contribution in [0.2, 0.25) is 5.02 Å². The van der Waals surface area contributed by atoms with Crippen molar-refractivity contribution in [3.05, 3.63) is 28.8 Å². The Morgan fingerprint density at radius 2 is 2.10 bits per heavy atom. The molecule has 0 spiro atoms. The fraction of sp³-hybridized carbons (Fsp3) is 0.533. The summed E-state index contributed by atoms with van der Waals surface area (Å²) in [6.45, 7) is 5.99. The number of carbonyl (C=O) groups is 1. The van der Waals surface area contributed by atoms with Crippen LogP contribution in [0.15, 0.2) is 18.2 Å². The average molecular weight is 299 g/mol. The van der Waals surface area contributed by atoms with E-state index in [-0.39, 0.29) is 16.7 Å². The van der Waals surface area contributed by atoms with Crippen molar-refractivity contribution in [1.82, 2.24) is 10.2 Å². The van der Waals surface area contributed by atoms with Crippen LogP contribution in [0.1, 0.15) is 37.0 Å². The van der Waals surface area contributed by atoms with Crippen molar-refractivity contribution in [3.63, 3.8) is 0 Å². The summed E-state index contributed by atoms with van der Waals surface area (Å²) in [5, 5.41) is 12.3. The van der Waals surface area contributed by atoms with E-state index in [2.05, 4.69) is 31.1 Å². The van der Waals surface area contributed by atoms with Gasteiger partial charge in [0, 0.05) is 18.2 Å². The van der Waals surface area contributed by atoms with E-state index in [4.69, 9.17) is 11.6 Å². The molecule has 0 atom stereocenters. The predicted molar refractivity (Wildman–Crippen MR) is 82.5 cm³/mol. The first-order valence-electron chi connectivity index (χ1n) is 6.88. The van der Waals surface area contributed by atoms with Crippen molar-refractivity contribution in [1.29, 1.82) is 0 Å². The number of rotatable bonds is 7. The van der Waals surface area contributed by atoms with E-state index in [0.717, 1.165) is 19.4 Å². The van der Waals surface area contributed by atoms with Gasteiger partial charge in [-0.05, 0) is 58.5 Å². The van der Waals surface area contributed by atoms with Crippen molar-refractivity contribution < 1.29 is 9.90 Å². The quantitative estimate of drug-likeness (QED) is 0.761. The summed E-state index contributed by atoms with van der Waals surface area (Å²) in [7, 11) is 2.10. The molecule has 0 saturated carbocycles. The number of phenolic OH excluding ortho intramolecular Hbond substituents is 1. The molecular formula is C15H23ClN2O2. The Morgan fingerprint density at radius 3 is 2.70 bits per heavy atom. The van der Waals surface area contributed by atoms with Crippen LogP contribution in [0.3, 0.4) is 0 Å². The summed E-state index contributed by atoms with van der Waals surface area (Å²) in [4.78, 5) is 14.1. The SMILES string of the molecule is CC(C)N(C)CCCCNC(=O)c1ccc(O)c(Cl)c1. The molecule has 0 aliphatic carbocycles. The third-order valence-corrected chi connectivity index (χ3v) is 3.62. The van der Waals surface area contributed by atoms with Crippen molar-refractivity contribution in [3.8, 4) is 5.75 Å². The minimum absolute atomic E-state index is 0.0139. The second-order valence-electron chi connectivity index (χ2n) is 5.20. The smallest absolute Gasteiger partial charge is 0.251 e. The van der Waals surface area contributed by atoms with E-state index < -0.39 is 0 Å². The molecule has 112 valence electrons. The van der Waals surface area contributed by atoms with E-state index in [1.807, 2.05) is 0 Å². The number of amides is 1. The molecule has 0 heterocycles. The fourth-order valence-corrected chi connectivity index (χ4v) is 1.88. The maximum absolute atomic E-state index is 11.9. The lowest BCUT2D eigenvalue weighted by Gasteiger charge is -2.20. The summed E-state index contributed by atoms with van der Waals surface area (Å²) in [6.07, 6.45) is 1.99. The summed E-state index contributed by atoms with van der Waals surface area (Å²) in [6, 6.07) is 5.00. The van der Waals surface area contributed by atoms with Crippen LogP contribution in [0.4, 0.5) is 0 Å². The highest BCUT2D eigenvalue weighted by molar-refractivity contribution is 6.32. The Morgan fingerprint density at radius 1 is 1.40 bits per heavy atom. The van der Waals surface area contributed by atoms with Gasteiger partial charge in [0.1, 0.15) is 5.75 Å². The zero-order chi connectivity index (χ0) is 15.1. The molecule has 0 unspecified atom stereocenters. The topological polar surface area (TPSA) is 52.6 Å². The van der Waals surface area contributed by atoms with Gasteiger partial charge in [-0.25, -0.2) is 0 Å². The molecule has 0 aromatic heterocycles. The summed E-state index contributed by atoms with van der Waals surface area (Å²) < 4.78 is 0. The maximum atomic E-state index is 11.9. The first-order chi connectivity index (χ1) is 9.41. The Bertz CT molecular complexity index is 449. The van der Waals surface area contributed by atoms with Crippen molar-refractivity contribution in [2.24, 2.45) is 0 Å². The first kappa shape index (κ1) is 16.8. The molecule has 1 rings (SSSR count). The summed E-state index contributed by atoms with van der Waals surface area (Å²) in [5.41, 5.74) is 0.465. The fourth-order valence-electron chi connectivity index (χ4n) is 1.70. The molecule has 0 fully saturated rings. The van der Waals surface area contributed by atoms with Gasteiger partial charge in [-0.2, -0.15) is 0 Å². The van der Waals surface area contributed by atoms with E-state index in [0.29, 0.717) is 18.2 Å². The number of benzene rings is 1. The molecule has 4 nitrogen and oxygen atoms in total. The zero-order valence-corrected chi connectivity index (χ0v) is 13.1. The van der Waals surface area contributed by atoms with E-state index >= 15 is 0 Å². The number of carbonyl (C=O) groups excluding carboxylic acids is 1. The number of halogens is 1. The molecule has 1 aromatic carbocycles. The van der Waals surface area contributed by atoms with Crippen LogP contribution in [-0.2, 0) is 0 Å². The molecule has 2 N–H and O–H groups in total. The molecule has 0 bridgehead atoms. The van der Waals surface area contributed by atoms with Crippen LogP contribution >= 0.6 is 11.6 Å². The lowest BCUT2D eigenvalue weighted by atomic mass is 10.2. The van der Waals surface area contributed by atoms with E-state index in [1.165, 1.54) is 12.1 Å². The molecule has 0 saturated heterocycles. The molecular weight excluding hydrogens is 276 g/mol. The number of hydrogen-bond acceptors (Lipinski definition) is 3. The van der Waals surface area contributed by atoms with Gasteiger partial charge < -0.3 is 15.3 Å². The summed E-state index contributed by atoms with van der Waals surface area (Å²) >= 11 is 5.77. The normalized spacial score (nSPS) is 11.1. The minimum atomic E-state index is -0.163. The third-order valence-electron chi connectivity index (χ3n) is 3.31. The molecule has 1 aromatic rings. The number of unbranched alkanes of at least 4 members (excludes halogenated alkanes) is 1. The Kier molecular flexibility index (Phi) is 6.82. The molecule has 0 aliphatic heterocycles. The van der Waals surface area contributed by atoms with Gasteiger partial charge in [0.25, 0.3) is 5.91 Å². The number of nitrogens with one attached hydrogen (secondary N) is 1. The Hall–Kier alpha value is -1.26. The standard InChI is InChI=1S/C15H23ClN2O2/c1-11(2)18(3)9-5-4-8-17-15(20)12-6-7-14(19)13(16)10-12/h6-7,10-11,19H,4-5,8-9H2,1-3H3,(H,17,20). The lowest BCUT2D eigenvalue weighted by Crippen LogP contribution is -2.29. The lowest BCUT2D eigenvalue weighted by molar-refractivity contribution is 0.0952. The van der Waals surface area contributed by atoms with Crippen molar-refractivity contribution in [2.75, 3.05) is 20.1 Å². The van der Waals surface area contributed by atoms with Gasteiger partial charge in [0.15, 0.2) is 0 Å². The largest absolute Gasteiger partial charge is 0.506 e. The highest BCUT2D eigenvalue weighted by atomic mass is 35.5. The molecule has 0 radical (unpaired) electrons. The zero-order valence-electron chi connectivity index (χ0n) is 12.3. The summed E-state index contributed by atoms with van der Waals surface area (Å²) in [5.74, 6) is -0.177. The third kappa shape index (κ3) is 5.39. The van der Waals surface area contributed by atoms with Gasteiger partial charge in [-0.15, -0.1) is 0 Å². The molecule has 5 heteroatoms.